The van der Waals surface area contributed by atoms with Crippen LogP contribution < -0.4 is 24.3 Å². The van der Waals surface area contributed by atoms with Crippen LogP contribution in [0.1, 0.15) is 30.2 Å². The van der Waals surface area contributed by atoms with E-state index >= 15 is 0 Å². The van der Waals surface area contributed by atoms with Gasteiger partial charge >= 0.3 is 0 Å². The number of ether oxygens (including phenoxy) is 4. The first-order valence-corrected chi connectivity index (χ1v) is 11.7. The van der Waals surface area contributed by atoms with Gasteiger partial charge in [0.05, 0.1) is 13.2 Å². The summed E-state index contributed by atoms with van der Waals surface area (Å²) in [7, 11) is 1.63. The summed E-state index contributed by atoms with van der Waals surface area (Å²) in [6.45, 7) is 5.24. The van der Waals surface area contributed by atoms with Crippen LogP contribution in [0.5, 0.6) is 23.0 Å². The van der Waals surface area contributed by atoms with Gasteiger partial charge in [0.1, 0.15) is 11.6 Å². The fourth-order valence-corrected chi connectivity index (χ4v) is 4.41. The van der Waals surface area contributed by atoms with Gasteiger partial charge in [0.15, 0.2) is 23.9 Å². The van der Waals surface area contributed by atoms with Crippen LogP contribution in [0.4, 0.5) is 0 Å². The van der Waals surface area contributed by atoms with Crippen LogP contribution >= 0.6 is 0 Å². The number of hydrogen-bond donors (Lipinski definition) is 1. The van der Waals surface area contributed by atoms with Crippen molar-refractivity contribution in [2.24, 2.45) is 0 Å². The number of carbonyl (C=O) groups excluding carboxylic acids is 1. The van der Waals surface area contributed by atoms with Crippen molar-refractivity contribution in [1.29, 1.82) is 0 Å². The zero-order valence-corrected chi connectivity index (χ0v) is 19.9. The Balaban J connectivity index is 1.19. The number of fused-ring (bicyclic) bond motifs is 2. The van der Waals surface area contributed by atoms with E-state index in [1.54, 1.807) is 7.11 Å². The number of aromatic nitrogens is 3. The molecule has 1 amide bonds. The maximum absolute atomic E-state index is 12.4. The molecule has 2 aromatic carbocycles. The van der Waals surface area contributed by atoms with E-state index in [0.717, 1.165) is 55.6 Å². The van der Waals surface area contributed by atoms with E-state index in [4.69, 9.17) is 18.9 Å². The van der Waals surface area contributed by atoms with Crippen molar-refractivity contribution in [2.75, 3.05) is 33.6 Å². The minimum Gasteiger partial charge on any atom is -0.493 e. The number of rotatable bonds is 8. The topological polar surface area (TPSA) is 100.0 Å². The van der Waals surface area contributed by atoms with Crippen molar-refractivity contribution >= 4 is 5.91 Å². The summed E-state index contributed by atoms with van der Waals surface area (Å²) in [6, 6.07) is 13.0. The van der Waals surface area contributed by atoms with E-state index in [-0.39, 0.29) is 25.3 Å². The third-order valence-corrected chi connectivity index (χ3v) is 6.15. The van der Waals surface area contributed by atoms with E-state index in [9.17, 15) is 4.79 Å². The van der Waals surface area contributed by atoms with Gasteiger partial charge in [-0.1, -0.05) is 18.2 Å². The van der Waals surface area contributed by atoms with E-state index < -0.39 is 0 Å². The van der Waals surface area contributed by atoms with Crippen LogP contribution in [-0.4, -0.2) is 59.2 Å². The highest BCUT2D eigenvalue weighted by molar-refractivity contribution is 5.77. The lowest BCUT2D eigenvalue weighted by atomic mass is 10.1. The molecule has 3 heterocycles. The smallest absolute Gasteiger partial charge is 0.258 e. The molecule has 35 heavy (non-hydrogen) atoms. The SMILES string of the molecule is COc1cc(CN2CCc3nnc(C(C)NC(=O)COc4ccccc4)n3CC2)cc2c1OCO2. The first kappa shape index (κ1) is 23.0. The number of para-hydroxylation sites is 1. The number of benzene rings is 2. The van der Waals surface area contributed by atoms with Gasteiger partial charge < -0.3 is 28.8 Å². The Morgan fingerprint density at radius 2 is 2.00 bits per heavy atom. The van der Waals surface area contributed by atoms with Crippen molar-refractivity contribution in [3.05, 3.63) is 59.7 Å². The van der Waals surface area contributed by atoms with Crippen LogP contribution in [0.25, 0.3) is 0 Å². The molecule has 0 bridgehead atoms. The Labute approximate surface area is 203 Å². The van der Waals surface area contributed by atoms with Gasteiger partial charge in [0, 0.05) is 32.6 Å². The van der Waals surface area contributed by atoms with Crippen molar-refractivity contribution in [3.8, 4) is 23.0 Å². The molecule has 0 spiro atoms. The lowest BCUT2D eigenvalue weighted by molar-refractivity contribution is -0.123. The molecule has 1 aromatic heterocycles. The standard InChI is InChI=1S/C25H29N5O5/c1-17(26-23(31)15-33-19-6-4-3-5-7-19)25-28-27-22-8-9-29(10-11-30(22)25)14-18-12-20(32-2)24-21(13-18)34-16-35-24/h3-7,12-13,17H,8-11,14-16H2,1-2H3,(H,26,31). The summed E-state index contributed by atoms with van der Waals surface area (Å²) in [6.07, 6.45) is 0.770. The number of amides is 1. The third kappa shape index (κ3) is 5.17. The molecule has 5 rings (SSSR count). The predicted octanol–water partition coefficient (Wildman–Crippen LogP) is 2.33. The molecule has 3 aromatic rings. The summed E-state index contributed by atoms with van der Waals surface area (Å²) >= 11 is 0. The van der Waals surface area contributed by atoms with Crippen LogP contribution in [0.3, 0.4) is 0 Å². The van der Waals surface area contributed by atoms with E-state index in [1.807, 2.05) is 49.4 Å². The van der Waals surface area contributed by atoms with Crippen LogP contribution in [0, 0.1) is 0 Å². The molecule has 1 unspecified atom stereocenters. The molecule has 1 atom stereocenters. The maximum Gasteiger partial charge on any atom is 0.258 e. The van der Waals surface area contributed by atoms with Crippen molar-refractivity contribution in [3.63, 3.8) is 0 Å². The quantitative estimate of drug-likeness (QED) is 0.526. The average Bonchev–Trinajstić information content (AvgIpc) is 3.47. The minimum atomic E-state index is -0.284. The van der Waals surface area contributed by atoms with Crippen molar-refractivity contribution in [1.82, 2.24) is 25.0 Å². The van der Waals surface area contributed by atoms with Crippen molar-refractivity contribution < 1.29 is 23.7 Å². The minimum absolute atomic E-state index is 0.0535. The first-order valence-electron chi connectivity index (χ1n) is 11.7. The van der Waals surface area contributed by atoms with Gasteiger partial charge in [-0.05, 0) is 36.8 Å². The van der Waals surface area contributed by atoms with Gasteiger partial charge in [-0.2, -0.15) is 0 Å². The Bertz CT molecular complexity index is 1180. The Hall–Kier alpha value is -3.79. The van der Waals surface area contributed by atoms with Crippen molar-refractivity contribution in [2.45, 2.75) is 32.5 Å². The van der Waals surface area contributed by atoms with Gasteiger partial charge in [-0.15, -0.1) is 10.2 Å². The monoisotopic (exact) mass is 479 g/mol. The molecule has 10 nitrogen and oxygen atoms in total. The Morgan fingerprint density at radius 1 is 1.14 bits per heavy atom. The van der Waals surface area contributed by atoms with E-state index in [1.165, 1.54) is 0 Å². The van der Waals surface area contributed by atoms with E-state index in [0.29, 0.717) is 17.2 Å². The summed E-state index contributed by atoms with van der Waals surface area (Å²) in [5.74, 6) is 4.19. The zero-order valence-electron chi connectivity index (χ0n) is 19.9. The summed E-state index contributed by atoms with van der Waals surface area (Å²) in [4.78, 5) is 14.8. The predicted molar refractivity (Wildman–Crippen MR) is 127 cm³/mol. The molecule has 10 heteroatoms. The second-order valence-corrected chi connectivity index (χ2v) is 8.58. The molecule has 0 fully saturated rings. The Kier molecular flexibility index (Phi) is 6.71. The summed E-state index contributed by atoms with van der Waals surface area (Å²) in [5.41, 5.74) is 1.10. The second kappa shape index (κ2) is 10.2. The highest BCUT2D eigenvalue weighted by Gasteiger charge is 2.24. The first-order chi connectivity index (χ1) is 17.1. The van der Waals surface area contributed by atoms with Gasteiger partial charge in [0.25, 0.3) is 5.91 Å². The van der Waals surface area contributed by atoms with Gasteiger partial charge in [0.2, 0.25) is 12.5 Å². The third-order valence-electron chi connectivity index (χ3n) is 6.15. The normalized spacial score (nSPS) is 15.7. The van der Waals surface area contributed by atoms with Crippen LogP contribution in [0.15, 0.2) is 42.5 Å². The molecular weight excluding hydrogens is 450 g/mol. The highest BCUT2D eigenvalue weighted by Crippen LogP contribution is 2.42. The molecule has 0 radical (unpaired) electrons. The maximum atomic E-state index is 12.4. The lowest BCUT2D eigenvalue weighted by Gasteiger charge is -2.21. The molecule has 0 aliphatic carbocycles. The largest absolute Gasteiger partial charge is 0.493 e. The molecular formula is C25H29N5O5. The average molecular weight is 480 g/mol. The molecule has 2 aliphatic heterocycles. The second-order valence-electron chi connectivity index (χ2n) is 8.58. The van der Waals surface area contributed by atoms with Crippen LogP contribution in [0.2, 0.25) is 0 Å². The molecule has 0 saturated carbocycles. The highest BCUT2D eigenvalue weighted by atomic mass is 16.7. The molecule has 1 N–H and O–H groups in total. The number of hydrogen-bond acceptors (Lipinski definition) is 8. The number of carbonyl (C=O) groups is 1. The molecule has 0 saturated heterocycles. The summed E-state index contributed by atoms with van der Waals surface area (Å²) in [5, 5.41) is 11.7. The molecule has 2 aliphatic rings. The Morgan fingerprint density at radius 3 is 2.83 bits per heavy atom. The summed E-state index contributed by atoms with van der Waals surface area (Å²) < 4.78 is 24.2. The van der Waals surface area contributed by atoms with E-state index in [2.05, 4.69) is 25.0 Å². The fourth-order valence-electron chi connectivity index (χ4n) is 4.41. The van der Waals surface area contributed by atoms with Crippen LogP contribution in [-0.2, 0) is 24.3 Å². The van der Waals surface area contributed by atoms with Gasteiger partial charge in [-0.25, -0.2) is 0 Å². The number of nitrogens with zero attached hydrogens (tertiary/aromatic N) is 4. The van der Waals surface area contributed by atoms with Gasteiger partial charge in [-0.3, -0.25) is 9.69 Å². The zero-order chi connectivity index (χ0) is 24.2. The number of methoxy groups -OCH3 is 1. The number of nitrogens with one attached hydrogen (secondary N) is 1. The lowest BCUT2D eigenvalue weighted by Crippen LogP contribution is -2.33. The fraction of sp³-hybridized carbons (Fsp3) is 0.400. The molecule has 184 valence electrons.